The maximum atomic E-state index is 12.2. The van der Waals surface area contributed by atoms with Gasteiger partial charge in [0.05, 0.1) is 5.69 Å². The number of hydrogen-bond donors (Lipinski definition) is 1. The van der Waals surface area contributed by atoms with Crippen molar-refractivity contribution in [1.29, 1.82) is 0 Å². The van der Waals surface area contributed by atoms with Crippen LogP contribution in [0, 0.1) is 0 Å². The van der Waals surface area contributed by atoms with Gasteiger partial charge < -0.3 is 4.74 Å². The largest absolute Gasteiger partial charge is 0.483 e. The molecule has 4 nitrogen and oxygen atoms in total. The van der Waals surface area contributed by atoms with E-state index in [1.54, 1.807) is 0 Å². The monoisotopic (exact) mass is 394 g/mol. The van der Waals surface area contributed by atoms with Gasteiger partial charge in [0.2, 0.25) is 0 Å². The number of halogens is 1. The third-order valence-corrected chi connectivity index (χ3v) is 5.01. The first-order valence-electron chi connectivity index (χ1n) is 8.31. The number of amides is 1. The van der Waals surface area contributed by atoms with Crippen molar-refractivity contribution in [2.45, 2.75) is 0 Å². The highest BCUT2D eigenvalue weighted by Gasteiger charge is 2.10. The Hall–Kier alpha value is -2.89. The van der Waals surface area contributed by atoms with Crippen molar-refractivity contribution in [2.75, 3.05) is 11.9 Å². The quantitative estimate of drug-likeness (QED) is 0.477. The molecule has 0 radical (unpaired) electrons. The molecular weight excluding hydrogens is 380 g/mol. The van der Waals surface area contributed by atoms with Crippen molar-refractivity contribution in [1.82, 2.24) is 4.98 Å². The van der Waals surface area contributed by atoms with Gasteiger partial charge in [-0.15, -0.1) is 11.3 Å². The summed E-state index contributed by atoms with van der Waals surface area (Å²) in [7, 11) is 0. The van der Waals surface area contributed by atoms with Crippen molar-refractivity contribution < 1.29 is 9.53 Å². The summed E-state index contributed by atoms with van der Waals surface area (Å²) in [6.45, 7) is -0.0795. The number of nitrogens with zero attached hydrogens (tertiary/aromatic N) is 1. The zero-order valence-corrected chi connectivity index (χ0v) is 15.8. The number of thiazole rings is 1. The second-order valence-electron chi connectivity index (χ2n) is 5.86. The van der Waals surface area contributed by atoms with E-state index in [-0.39, 0.29) is 12.5 Å². The first kappa shape index (κ1) is 17.5. The number of anilines is 1. The molecule has 0 aliphatic heterocycles. The number of ether oxygens (including phenoxy) is 1. The summed E-state index contributed by atoms with van der Waals surface area (Å²) in [6.07, 6.45) is 0. The van der Waals surface area contributed by atoms with Crippen molar-refractivity contribution in [3.05, 3.63) is 77.1 Å². The molecule has 0 aliphatic rings. The van der Waals surface area contributed by atoms with E-state index in [0.717, 1.165) is 22.0 Å². The van der Waals surface area contributed by atoms with Gasteiger partial charge in [0.15, 0.2) is 11.7 Å². The minimum atomic E-state index is -0.250. The van der Waals surface area contributed by atoms with Crippen molar-refractivity contribution in [2.24, 2.45) is 0 Å². The van der Waals surface area contributed by atoms with Crippen LogP contribution in [0.5, 0.6) is 5.75 Å². The van der Waals surface area contributed by atoms with Gasteiger partial charge in [-0.2, -0.15) is 0 Å². The van der Waals surface area contributed by atoms with Gasteiger partial charge in [0.25, 0.3) is 5.91 Å². The number of nitrogens with one attached hydrogen (secondary N) is 1. The molecule has 1 amide bonds. The van der Waals surface area contributed by atoms with Crippen LogP contribution in [0.2, 0.25) is 5.02 Å². The molecule has 0 saturated heterocycles. The average Bonchev–Trinajstić information content (AvgIpc) is 3.15. The van der Waals surface area contributed by atoms with E-state index in [2.05, 4.69) is 10.3 Å². The lowest BCUT2D eigenvalue weighted by Gasteiger charge is -2.08. The minimum absolute atomic E-state index is 0.0795. The van der Waals surface area contributed by atoms with Gasteiger partial charge in [-0.1, -0.05) is 60.1 Å². The Morgan fingerprint density at radius 2 is 1.81 bits per heavy atom. The second kappa shape index (κ2) is 7.78. The van der Waals surface area contributed by atoms with Crippen LogP contribution in [0.3, 0.4) is 0 Å². The van der Waals surface area contributed by atoms with Gasteiger partial charge >= 0.3 is 0 Å². The molecule has 1 heterocycles. The lowest BCUT2D eigenvalue weighted by molar-refractivity contribution is -0.118. The number of carbonyl (C=O) groups excluding carboxylic acids is 1. The molecule has 0 aliphatic carbocycles. The molecule has 1 aromatic heterocycles. The molecule has 3 aromatic carbocycles. The smallest absolute Gasteiger partial charge is 0.264 e. The maximum absolute atomic E-state index is 12.2. The fourth-order valence-electron chi connectivity index (χ4n) is 2.70. The van der Waals surface area contributed by atoms with Crippen molar-refractivity contribution in [3.8, 4) is 17.0 Å². The van der Waals surface area contributed by atoms with E-state index in [9.17, 15) is 4.79 Å². The molecule has 0 atom stereocenters. The Balaban J connectivity index is 1.40. The Bertz CT molecular complexity index is 1090. The number of fused-ring (bicyclic) bond motifs is 1. The molecule has 4 aromatic rings. The molecule has 1 N–H and O–H groups in total. The summed E-state index contributed by atoms with van der Waals surface area (Å²) in [5, 5.41) is 7.93. The Morgan fingerprint density at radius 1 is 1.04 bits per heavy atom. The van der Waals surface area contributed by atoms with Crippen LogP contribution in [-0.2, 0) is 4.79 Å². The predicted octanol–water partition coefficient (Wildman–Crippen LogP) is 5.63. The third kappa shape index (κ3) is 4.10. The number of rotatable bonds is 5. The molecule has 0 unspecified atom stereocenters. The number of hydrogen-bond acceptors (Lipinski definition) is 4. The molecular formula is C21H15ClN2O2S. The summed E-state index contributed by atoms with van der Waals surface area (Å²) >= 11 is 7.28. The summed E-state index contributed by atoms with van der Waals surface area (Å²) < 4.78 is 5.71. The molecule has 0 fully saturated rings. The normalized spacial score (nSPS) is 10.7. The van der Waals surface area contributed by atoms with E-state index in [1.807, 2.05) is 72.1 Å². The van der Waals surface area contributed by atoms with E-state index in [4.69, 9.17) is 16.3 Å². The summed E-state index contributed by atoms with van der Waals surface area (Å²) in [5.41, 5.74) is 1.74. The second-order valence-corrected chi connectivity index (χ2v) is 7.15. The summed E-state index contributed by atoms with van der Waals surface area (Å²) in [5.74, 6) is 0.434. The van der Waals surface area contributed by atoms with Crippen LogP contribution in [0.4, 0.5) is 5.13 Å². The van der Waals surface area contributed by atoms with E-state index >= 15 is 0 Å². The first-order valence-corrected chi connectivity index (χ1v) is 9.57. The van der Waals surface area contributed by atoms with Crippen molar-refractivity contribution >= 4 is 44.7 Å². The molecule has 6 heteroatoms. The number of aromatic nitrogens is 1. The minimum Gasteiger partial charge on any atom is -0.483 e. The van der Waals surface area contributed by atoms with Crippen LogP contribution in [-0.4, -0.2) is 17.5 Å². The van der Waals surface area contributed by atoms with Crippen LogP contribution in [0.15, 0.2) is 72.1 Å². The molecule has 0 spiro atoms. The lowest BCUT2D eigenvalue weighted by atomic mass is 10.1. The Kier molecular flexibility index (Phi) is 5.05. The summed E-state index contributed by atoms with van der Waals surface area (Å²) in [6, 6.07) is 21.1. The lowest BCUT2D eigenvalue weighted by Crippen LogP contribution is -2.20. The zero-order valence-electron chi connectivity index (χ0n) is 14.2. The third-order valence-electron chi connectivity index (χ3n) is 4.00. The highest BCUT2D eigenvalue weighted by molar-refractivity contribution is 7.14. The van der Waals surface area contributed by atoms with E-state index < -0.39 is 0 Å². The fourth-order valence-corrected chi connectivity index (χ4v) is 3.57. The number of benzene rings is 3. The highest BCUT2D eigenvalue weighted by Crippen LogP contribution is 2.27. The topological polar surface area (TPSA) is 51.2 Å². The molecule has 0 bridgehead atoms. The molecule has 0 saturated carbocycles. The van der Waals surface area contributed by atoms with E-state index in [1.165, 1.54) is 11.3 Å². The van der Waals surface area contributed by atoms with Crippen LogP contribution in [0.25, 0.3) is 22.0 Å². The Morgan fingerprint density at radius 3 is 2.67 bits per heavy atom. The van der Waals surface area contributed by atoms with Crippen LogP contribution in [0.1, 0.15) is 0 Å². The standard InChI is InChI=1S/C21H15ClN2O2S/c22-16-10-8-15(9-11-16)18-13-27-21(23-18)24-20(25)12-26-19-7-3-5-14-4-1-2-6-17(14)19/h1-11,13H,12H2,(H,23,24,25). The van der Waals surface area contributed by atoms with E-state index in [0.29, 0.717) is 15.9 Å². The highest BCUT2D eigenvalue weighted by atomic mass is 35.5. The summed E-state index contributed by atoms with van der Waals surface area (Å²) in [4.78, 5) is 16.7. The molecule has 134 valence electrons. The first-order chi connectivity index (χ1) is 13.2. The van der Waals surface area contributed by atoms with Crippen molar-refractivity contribution in [3.63, 3.8) is 0 Å². The Labute approximate surface area is 165 Å². The van der Waals surface area contributed by atoms with Gasteiger partial charge in [0.1, 0.15) is 5.75 Å². The fraction of sp³-hybridized carbons (Fsp3) is 0.0476. The van der Waals surface area contributed by atoms with Gasteiger partial charge in [-0.3, -0.25) is 10.1 Å². The molecule has 27 heavy (non-hydrogen) atoms. The van der Waals surface area contributed by atoms with Gasteiger partial charge in [0, 0.05) is 21.4 Å². The maximum Gasteiger partial charge on any atom is 0.264 e. The average molecular weight is 395 g/mol. The zero-order chi connectivity index (χ0) is 18.6. The van der Waals surface area contributed by atoms with Gasteiger partial charge in [-0.25, -0.2) is 4.98 Å². The number of carbonyl (C=O) groups is 1. The molecule has 4 rings (SSSR count). The SMILES string of the molecule is O=C(COc1cccc2ccccc12)Nc1nc(-c2ccc(Cl)cc2)cs1. The predicted molar refractivity (Wildman–Crippen MR) is 111 cm³/mol. The van der Waals surface area contributed by atoms with Crippen LogP contribution < -0.4 is 10.1 Å². The van der Waals surface area contributed by atoms with Crippen LogP contribution >= 0.6 is 22.9 Å². The van der Waals surface area contributed by atoms with Gasteiger partial charge in [-0.05, 0) is 23.6 Å².